The van der Waals surface area contributed by atoms with Crippen LogP contribution in [0.4, 0.5) is 0 Å². The molecule has 1 aromatic rings. The van der Waals surface area contributed by atoms with E-state index in [-0.39, 0.29) is 21.5 Å². The predicted octanol–water partition coefficient (Wildman–Crippen LogP) is 1.69. The molecule has 2 unspecified atom stereocenters. The number of halogens is 1. The topological polar surface area (TPSA) is 84.5 Å². The highest BCUT2D eigenvalue weighted by molar-refractivity contribution is 7.89. The van der Waals surface area contributed by atoms with Gasteiger partial charge in [-0.3, -0.25) is 0 Å². The quantitative estimate of drug-likeness (QED) is 0.800. The summed E-state index contributed by atoms with van der Waals surface area (Å²) in [4.78, 5) is 11.8. The van der Waals surface area contributed by atoms with Crippen molar-refractivity contribution in [3.63, 3.8) is 0 Å². The van der Waals surface area contributed by atoms with Crippen LogP contribution < -0.4 is 10.0 Å². The van der Waals surface area contributed by atoms with Crippen LogP contribution in [-0.4, -0.2) is 39.6 Å². The van der Waals surface area contributed by atoms with E-state index in [1.165, 1.54) is 25.3 Å². The van der Waals surface area contributed by atoms with E-state index in [1.807, 2.05) is 0 Å². The maximum atomic E-state index is 12.7. The van der Waals surface area contributed by atoms with Crippen molar-refractivity contribution in [3.05, 3.63) is 28.8 Å². The first-order valence-electron chi connectivity index (χ1n) is 7.55. The minimum atomic E-state index is -3.82. The molecule has 2 atom stereocenters. The van der Waals surface area contributed by atoms with Crippen LogP contribution in [0.15, 0.2) is 23.1 Å². The molecule has 1 aromatic carbocycles. The van der Waals surface area contributed by atoms with Gasteiger partial charge >= 0.3 is 5.97 Å². The Morgan fingerprint density at radius 1 is 1.30 bits per heavy atom. The second-order valence-electron chi connectivity index (χ2n) is 6.06. The molecule has 2 saturated heterocycles. The average Bonchev–Trinajstić information content (AvgIpc) is 2.84. The van der Waals surface area contributed by atoms with Crippen LogP contribution in [0.2, 0.25) is 5.02 Å². The van der Waals surface area contributed by atoms with Gasteiger partial charge in [0.25, 0.3) is 0 Å². The standard InChI is InChI=1S/C15H19ClN2O4S/c1-22-15(19)13-6-9(16)2-5-14(13)23(20,21)18-12-7-10-3-4-11(8-12)17-10/h2,5-6,10-12,17-18H,3-4,7-8H2,1H3. The number of esters is 1. The zero-order chi connectivity index (χ0) is 16.6. The molecule has 126 valence electrons. The van der Waals surface area contributed by atoms with Crippen LogP contribution in [0, 0.1) is 0 Å². The lowest BCUT2D eigenvalue weighted by molar-refractivity contribution is 0.0596. The molecule has 2 heterocycles. The van der Waals surface area contributed by atoms with Gasteiger partial charge < -0.3 is 10.1 Å². The lowest BCUT2D eigenvalue weighted by Crippen LogP contribution is -2.48. The summed E-state index contributed by atoms with van der Waals surface area (Å²) in [5.41, 5.74) is -0.0515. The van der Waals surface area contributed by atoms with E-state index < -0.39 is 16.0 Å². The molecule has 3 rings (SSSR count). The van der Waals surface area contributed by atoms with Gasteiger partial charge in [-0.1, -0.05) is 11.6 Å². The van der Waals surface area contributed by atoms with Crippen LogP contribution in [0.3, 0.4) is 0 Å². The molecule has 2 N–H and O–H groups in total. The number of hydrogen-bond donors (Lipinski definition) is 2. The first-order valence-corrected chi connectivity index (χ1v) is 9.41. The molecule has 6 nitrogen and oxygen atoms in total. The van der Waals surface area contributed by atoms with Gasteiger partial charge in [-0.15, -0.1) is 0 Å². The van der Waals surface area contributed by atoms with Crippen molar-refractivity contribution in [3.8, 4) is 0 Å². The number of fused-ring (bicyclic) bond motifs is 2. The molecule has 8 heteroatoms. The number of hydrogen-bond acceptors (Lipinski definition) is 5. The Morgan fingerprint density at radius 3 is 2.57 bits per heavy atom. The number of methoxy groups -OCH3 is 1. The third-order valence-electron chi connectivity index (χ3n) is 4.43. The highest BCUT2D eigenvalue weighted by atomic mass is 35.5. The average molecular weight is 359 g/mol. The van der Waals surface area contributed by atoms with Crippen molar-refractivity contribution in [1.82, 2.24) is 10.0 Å². The molecule has 0 aromatic heterocycles. The Balaban J connectivity index is 1.86. The normalized spacial score (nSPS) is 27.0. The summed E-state index contributed by atoms with van der Waals surface area (Å²) < 4.78 is 32.8. The fourth-order valence-corrected chi connectivity index (χ4v) is 5.05. The predicted molar refractivity (Wildman–Crippen MR) is 86.1 cm³/mol. The van der Waals surface area contributed by atoms with Crippen LogP contribution in [0.1, 0.15) is 36.0 Å². The van der Waals surface area contributed by atoms with Crippen LogP contribution >= 0.6 is 11.6 Å². The number of ether oxygens (including phenoxy) is 1. The summed E-state index contributed by atoms with van der Waals surface area (Å²) in [7, 11) is -2.61. The fraction of sp³-hybridized carbons (Fsp3) is 0.533. The molecule has 2 fully saturated rings. The number of carbonyl (C=O) groups is 1. The van der Waals surface area contributed by atoms with Crippen molar-refractivity contribution in [2.24, 2.45) is 0 Å². The van der Waals surface area contributed by atoms with Gasteiger partial charge in [0.2, 0.25) is 10.0 Å². The number of piperidine rings is 1. The molecule has 23 heavy (non-hydrogen) atoms. The Labute approximate surface area is 140 Å². The van der Waals surface area contributed by atoms with Gasteiger partial charge in [0.1, 0.15) is 0 Å². The van der Waals surface area contributed by atoms with E-state index in [1.54, 1.807) is 0 Å². The number of rotatable bonds is 4. The Hall–Kier alpha value is -1.15. The summed E-state index contributed by atoms with van der Waals surface area (Å²) in [5.74, 6) is -0.724. The molecule has 0 spiro atoms. The lowest BCUT2D eigenvalue weighted by Gasteiger charge is -2.29. The molecule has 0 saturated carbocycles. The van der Waals surface area contributed by atoms with Crippen molar-refractivity contribution in [1.29, 1.82) is 0 Å². The summed E-state index contributed by atoms with van der Waals surface area (Å²) >= 11 is 5.88. The number of sulfonamides is 1. The van der Waals surface area contributed by atoms with Gasteiger partial charge in [0, 0.05) is 23.1 Å². The minimum Gasteiger partial charge on any atom is -0.465 e. The highest BCUT2D eigenvalue weighted by Gasteiger charge is 2.36. The largest absolute Gasteiger partial charge is 0.465 e. The molecule has 2 aliphatic rings. The molecular weight excluding hydrogens is 340 g/mol. The molecule has 0 radical (unpaired) electrons. The van der Waals surface area contributed by atoms with Crippen molar-refractivity contribution >= 4 is 27.6 Å². The van der Waals surface area contributed by atoms with Crippen LogP contribution in [-0.2, 0) is 14.8 Å². The third kappa shape index (κ3) is 3.52. The summed E-state index contributed by atoms with van der Waals surface area (Å²) in [6, 6.07) is 4.72. The van der Waals surface area contributed by atoms with E-state index in [4.69, 9.17) is 11.6 Å². The maximum Gasteiger partial charge on any atom is 0.339 e. The second-order valence-corrected chi connectivity index (χ2v) is 8.18. The van der Waals surface area contributed by atoms with Gasteiger partial charge in [-0.2, -0.15) is 0 Å². The van der Waals surface area contributed by atoms with Crippen LogP contribution in [0.5, 0.6) is 0 Å². The Bertz CT molecular complexity index is 710. The van der Waals surface area contributed by atoms with E-state index in [0.717, 1.165) is 25.7 Å². The van der Waals surface area contributed by atoms with E-state index in [0.29, 0.717) is 12.1 Å². The Kier molecular flexibility index (Phi) is 4.64. The third-order valence-corrected chi connectivity index (χ3v) is 6.25. The van der Waals surface area contributed by atoms with E-state index in [9.17, 15) is 13.2 Å². The maximum absolute atomic E-state index is 12.7. The van der Waals surface area contributed by atoms with Crippen LogP contribution in [0.25, 0.3) is 0 Å². The molecular formula is C15H19ClN2O4S. The summed E-state index contributed by atoms with van der Waals surface area (Å²) in [6.45, 7) is 0. The number of carbonyl (C=O) groups excluding carboxylic acids is 1. The molecule has 2 aliphatic heterocycles. The first kappa shape index (κ1) is 16.7. The van der Waals surface area contributed by atoms with Gasteiger partial charge in [-0.25, -0.2) is 17.9 Å². The van der Waals surface area contributed by atoms with Gasteiger partial charge in [-0.05, 0) is 43.9 Å². The molecule has 0 amide bonds. The summed E-state index contributed by atoms with van der Waals surface area (Å²) in [6.07, 6.45) is 3.68. The number of nitrogens with one attached hydrogen (secondary N) is 2. The SMILES string of the molecule is COC(=O)c1cc(Cl)ccc1S(=O)(=O)NC1CC2CCC(C1)N2. The Morgan fingerprint density at radius 2 is 1.96 bits per heavy atom. The highest BCUT2D eigenvalue weighted by Crippen LogP contribution is 2.28. The molecule has 0 aliphatic carbocycles. The van der Waals surface area contributed by atoms with Gasteiger partial charge in [0.05, 0.1) is 17.6 Å². The van der Waals surface area contributed by atoms with Crippen molar-refractivity contribution < 1.29 is 17.9 Å². The smallest absolute Gasteiger partial charge is 0.339 e. The van der Waals surface area contributed by atoms with Gasteiger partial charge in [0.15, 0.2) is 0 Å². The van der Waals surface area contributed by atoms with Crippen molar-refractivity contribution in [2.75, 3.05) is 7.11 Å². The second kappa shape index (κ2) is 6.39. The monoisotopic (exact) mass is 358 g/mol. The fourth-order valence-electron chi connectivity index (χ4n) is 3.44. The summed E-state index contributed by atoms with van der Waals surface area (Å²) in [5, 5.41) is 3.75. The van der Waals surface area contributed by atoms with E-state index in [2.05, 4.69) is 14.8 Å². The van der Waals surface area contributed by atoms with Crippen molar-refractivity contribution in [2.45, 2.75) is 48.7 Å². The first-order chi connectivity index (χ1) is 10.9. The minimum absolute atomic E-state index is 0.0515. The van der Waals surface area contributed by atoms with E-state index >= 15 is 0 Å². The number of benzene rings is 1. The zero-order valence-corrected chi connectivity index (χ0v) is 14.3. The molecule has 2 bridgehead atoms. The zero-order valence-electron chi connectivity index (χ0n) is 12.7. The lowest BCUT2D eigenvalue weighted by atomic mass is 10.0.